The van der Waals surface area contributed by atoms with Crippen LogP contribution in [0.25, 0.3) is 0 Å². The van der Waals surface area contributed by atoms with Crippen LogP contribution in [0.1, 0.15) is 17.3 Å². The molecule has 2 aromatic rings. The lowest BCUT2D eigenvalue weighted by molar-refractivity contribution is 0.102. The summed E-state index contributed by atoms with van der Waals surface area (Å²) in [5.41, 5.74) is 6.28. The second-order valence-electron chi connectivity index (χ2n) is 4.15. The first-order chi connectivity index (χ1) is 9.60. The molecule has 0 radical (unpaired) electrons. The van der Waals surface area contributed by atoms with E-state index in [0.717, 1.165) is 0 Å². The Labute approximate surface area is 116 Å². The summed E-state index contributed by atoms with van der Waals surface area (Å²) in [6, 6.07) is 10.9. The number of halogens is 1. The van der Waals surface area contributed by atoms with Crippen LogP contribution in [0, 0.1) is 5.82 Å². The van der Waals surface area contributed by atoms with Gasteiger partial charge in [-0.2, -0.15) is 0 Å². The highest BCUT2D eigenvalue weighted by atomic mass is 19.1. The highest BCUT2D eigenvalue weighted by Gasteiger charge is 2.09. The van der Waals surface area contributed by atoms with Gasteiger partial charge in [0.05, 0.1) is 12.3 Å². The molecule has 0 saturated heterocycles. The standard InChI is InChI=1S/C15H15FN2O2/c1-2-20-12-5-3-4-11(9-12)18-15(19)10-6-7-13(16)14(17)8-10/h3-9H,2,17H2,1H3,(H,18,19). The van der Waals surface area contributed by atoms with Crippen LogP contribution in [-0.2, 0) is 0 Å². The Morgan fingerprint density at radius 3 is 2.80 bits per heavy atom. The lowest BCUT2D eigenvalue weighted by atomic mass is 10.1. The quantitative estimate of drug-likeness (QED) is 0.842. The number of hydrogen-bond acceptors (Lipinski definition) is 3. The molecule has 20 heavy (non-hydrogen) atoms. The third-order valence-electron chi connectivity index (χ3n) is 2.66. The van der Waals surface area contributed by atoms with Gasteiger partial charge in [0.1, 0.15) is 11.6 Å². The van der Waals surface area contributed by atoms with Gasteiger partial charge in [-0.3, -0.25) is 4.79 Å². The number of benzene rings is 2. The van der Waals surface area contributed by atoms with Gasteiger partial charge in [0.2, 0.25) is 0 Å². The molecule has 0 unspecified atom stereocenters. The van der Waals surface area contributed by atoms with Crippen molar-refractivity contribution >= 4 is 17.3 Å². The fraction of sp³-hybridized carbons (Fsp3) is 0.133. The summed E-state index contributed by atoms with van der Waals surface area (Å²) in [5.74, 6) is -0.228. The third kappa shape index (κ3) is 3.26. The highest BCUT2D eigenvalue weighted by molar-refractivity contribution is 6.04. The fourth-order valence-corrected chi connectivity index (χ4v) is 1.72. The second kappa shape index (κ2) is 6.06. The van der Waals surface area contributed by atoms with Crippen LogP contribution in [-0.4, -0.2) is 12.5 Å². The van der Waals surface area contributed by atoms with Crippen LogP contribution in [0.3, 0.4) is 0 Å². The molecule has 0 aliphatic rings. The van der Waals surface area contributed by atoms with E-state index in [-0.39, 0.29) is 11.6 Å². The molecule has 1 amide bonds. The number of amides is 1. The average molecular weight is 274 g/mol. The maximum Gasteiger partial charge on any atom is 0.255 e. The van der Waals surface area contributed by atoms with Crippen molar-refractivity contribution in [2.45, 2.75) is 6.92 Å². The minimum absolute atomic E-state index is 0.0549. The van der Waals surface area contributed by atoms with Gasteiger partial charge in [0, 0.05) is 17.3 Å². The number of rotatable bonds is 4. The predicted octanol–water partition coefficient (Wildman–Crippen LogP) is 3.06. The van der Waals surface area contributed by atoms with E-state index in [4.69, 9.17) is 10.5 Å². The van der Waals surface area contributed by atoms with Gasteiger partial charge in [-0.1, -0.05) is 6.07 Å². The van der Waals surface area contributed by atoms with E-state index in [9.17, 15) is 9.18 Å². The summed E-state index contributed by atoms with van der Waals surface area (Å²) in [6.45, 7) is 2.43. The molecule has 0 heterocycles. The number of hydrogen-bond donors (Lipinski definition) is 2. The average Bonchev–Trinajstić information content (AvgIpc) is 2.42. The van der Waals surface area contributed by atoms with Crippen LogP contribution in [0.5, 0.6) is 5.75 Å². The molecule has 0 bridgehead atoms. The van der Waals surface area contributed by atoms with Crippen LogP contribution >= 0.6 is 0 Å². The Morgan fingerprint density at radius 2 is 2.10 bits per heavy atom. The Kier molecular flexibility index (Phi) is 4.20. The maximum absolute atomic E-state index is 13.1. The van der Waals surface area contributed by atoms with E-state index < -0.39 is 5.82 Å². The molecule has 104 valence electrons. The van der Waals surface area contributed by atoms with Crippen molar-refractivity contribution in [3.8, 4) is 5.75 Å². The van der Waals surface area contributed by atoms with Crippen molar-refractivity contribution in [1.82, 2.24) is 0 Å². The Hall–Kier alpha value is -2.56. The zero-order valence-corrected chi connectivity index (χ0v) is 11.0. The van der Waals surface area contributed by atoms with E-state index in [1.165, 1.54) is 18.2 Å². The van der Waals surface area contributed by atoms with Gasteiger partial charge in [-0.05, 0) is 37.3 Å². The van der Waals surface area contributed by atoms with Crippen molar-refractivity contribution in [2.24, 2.45) is 0 Å². The molecular weight excluding hydrogens is 259 g/mol. The van der Waals surface area contributed by atoms with Gasteiger partial charge in [0.15, 0.2) is 0 Å². The van der Waals surface area contributed by atoms with Gasteiger partial charge < -0.3 is 15.8 Å². The largest absolute Gasteiger partial charge is 0.494 e. The molecule has 4 nitrogen and oxygen atoms in total. The van der Waals surface area contributed by atoms with Crippen LogP contribution < -0.4 is 15.8 Å². The Balaban J connectivity index is 2.14. The second-order valence-corrected chi connectivity index (χ2v) is 4.15. The molecule has 0 aliphatic heterocycles. The number of nitrogens with two attached hydrogens (primary N) is 1. The summed E-state index contributed by atoms with van der Waals surface area (Å²) >= 11 is 0. The third-order valence-corrected chi connectivity index (χ3v) is 2.66. The van der Waals surface area contributed by atoms with Crippen molar-refractivity contribution < 1.29 is 13.9 Å². The fourth-order valence-electron chi connectivity index (χ4n) is 1.72. The molecular formula is C15H15FN2O2. The lowest BCUT2D eigenvalue weighted by Gasteiger charge is -2.08. The number of ether oxygens (including phenoxy) is 1. The first-order valence-corrected chi connectivity index (χ1v) is 6.19. The van der Waals surface area contributed by atoms with Crippen molar-refractivity contribution in [1.29, 1.82) is 0 Å². The summed E-state index contributed by atoms with van der Waals surface area (Å²) in [6.07, 6.45) is 0. The molecule has 0 saturated carbocycles. The molecule has 0 fully saturated rings. The predicted molar refractivity (Wildman–Crippen MR) is 76.4 cm³/mol. The van der Waals surface area contributed by atoms with Crippen LogP contribution in [0.2, 0.25) is 0 Å². The molecule has 3 N–H and O–H groups in total. The summed E-state index contributed by atoms with van der Waals surface area (Å²) in [5, 5.41) is 2.71. The molecule has 0 aliphatic carbocycles. The normalized spacial score (nSPS) is 10.1. The first kappa shape index (κ1) is 13.9. The van der Waals surface area contributed by atoms with Crippen molar-refractivity contribution in [3.05, 3.63) is 53.8 Å². The molecule has 0 atom stereocenters. The Bertz CT molecular complexity index is 629. The van der Waals surface area contributed by atoms with Gasteiger partial charge in [-0.15, -0.1) is 0 Å². The molecule has 0 spiro atoms. The number of carbonyl (C=O) groups is 1. The van der Waals surface area contributed by atoms with Crippen LogP contribution in [0.15, 0.2) is 42.5 Å². The zero-order chi connectivity index (χ0) is 14.5. The summed E-state index contributed by atoms with van der Waals surface area (Å²) in [7, 11) is 0. The van der Waals surface area contributed by atoms with E-state index in [1.54, 1.807) is 24.3 Å². The monoisotopic (exact) mass is 274 g/mol. The highest BCUT2D eigenvalue weighted by Crippen LogP contribution is 2.19. The smallest absolute Gasteiger partial charge is 0.255 e. The first-order valence-electron chi connectivity index (χ1n) is 6.19. The SMILES string of the molecule is CCOc1cccc(NC(=O)c2ccc(F)c(N)c2)c1. The van der Waals surface area contributed by atoms with E-state index in [2.05, 4.69) is 5.32 Å². The maximum atomic E-state index is 13.1. The van der Waals surface area contributed by atoms with E-state index >= 15 is 0 Å². The number of nitrogen functional groups attached to an aromatic ring is 1. The van der Waals surface area contributed by atoms with E-state index in [0.29, 0.717) is 23.6 Å². The molecule has 0 aromatic heterocycles. The number of nitrogens with one attached hydrogen (secondary N) is 1. The minimum Gasteiger partial charge on any atom is -0.494 e. The van der Waals surface area contributed by atoms with Gasteiger partial charge in [-0.25, -0.2) is 4.39 Å². The summed E-state index contributed by atoms with van der Waals surface area (Å²) < 4.78 is 18.4. The number of carbonyl (C=O) groups excluding carboxylic acids is 1. The van der Waals surface area contributed by atoms with Crippen molar-refractivity contribution in [3.63, 3.8) is 0 Å². The van der Waals surface area contributed by atoms with Crippen molar-refractivity contribution in [2.75, 3.05) is 17.7 Å². The van der Waals surface area contributed by atoms with Gasteiger partial charge >= 0.3 is 0 Å². The van der Waals surface area contributed by atoms with E-state index in [1.807, 2.05) is 6.92 Å². The zero-order valence-electron chi connectivity index (χ0n) is 11.0. The minimum atomic E-state index is -0.542. The molecule has 2 rings (SSSR count). The Morgan fingerprint density at radius 1 is 1.30 bits per heavy atom. The lowest BCUT2D eigenvalue weighted by Crippen LogP contribution is -2.12. The number of anilines is 2. The van der Waals surface area contributed by atoms with Gasteiger partial charge in [0.25, 0.3) is 5.91 Å². The topological polar surface area (TPSA) is 64.3 Å². The van der Waals surface area contributed by atoms with Crippen LogP contribution in [0.4, 0.5) is 15.8 Å². The molecule has 5 heteroatoms. The molecule has 2 aromatic carbocycles. The summed E-state index contributed by atoms with van der Waals surface area (Å²) in [4.78, 5) is 12.0.